The maximum absolute atomic E-state index is 12.0. The Balaban J connectivity index is 2.27. The normalized spacial score (nSPS) is 21.3. The van der Waals surface area contributed by atoms with Crippen molar-refractivity contribution in [2.75, 3.05) is 6.61 Å². The van der Waals surface area contributed by atoms with Gasteiger partial charge in [0, 0.05) is 12.3 Å². The molecule has 0 bridgehead atoms. The second kappa shape index (κ2) is 13.0. The molecule has 0 aromatic heterocycles. The molecule has 0 radical (unpaired) electrons. The Morgan fingerprint density at radius 1 is 1.20 bits per heavy atom. The number of aliphatic hydroxyl groups excluding tert-OH is 2. The molecule has 0 amide bonds. The number of allylic oxidation sites excluding steroid dienone is 3. The number of hydrogen-bond donors (Lipinski definition) is 2. The lowest BCUT2D eigenvalue weighted by Gasteiger charge is -2.15. The largest absolute Gasteiger partial charge is 0.389 e. The third kappa shape index (κ3) is 9.13. The summed E-state index contributed by atoms with van der Waals surface area (Å²) < 4.78 is 0. The lowest BCUT2D eigenvalue weighted by molar-refractivity contribution is -0.122. The Morgan fingerprint density at radius 2 is 1.96 bits per heavy atom. The van der Waals surface area contributed by atoms with Crippen molar-refractivity contribution in [3.8, 4) is 0 Å². The van der Waals surface area contributed by atoms with Gasteiger partial charge in [-0.3, -0.25) is 9.59 Å². The number of carbonyl (C=O) groups excluding carboxylic acids is 2. The van der Waals surface area contributed by atoms with Gasteiger partial charge in [0.05, 0.1) is 6.10 Å². The van der Waals surface area contributed by atoms with Crippen LogP contribution >= 0.6 is 0 Å². The monoisotopic (exact) mass is 350 g/mol. The fraction of sp³-hybridized carbons (Fsp3) is 0.714. The predicted octanol–water partition coefficient (Wildman–Crippen LogP) is 3.76. The van der Waals surface area contributed by atoms with Crippen LogP contribution in [-0.2, 0) is 9.59 Å². The van der Waals surface area contributed by atoms with Crippen LogP contribution in [0.4, 0.5) is 0 Å². The second-order valence-corrected chi connectivity index (χ2v) is 7.05. The minimum Gasteiger partial charge on any atom is -0.389 e. The molecule has 25 heavy (non-hydrogen) atoms. The molecule has 2 N–H and O–H groups in total. The van der Waals surface area contributed by atoms with Gasteiger partial charge in [0.15, 0.2) is 11.6 Å². The summed E-state index contributed by atoms with van der Waals surface area (Å²) in [6.45, 7) is 1.79. The molecule has 4 heteroatoms. The van der Waals surface area contributed by atoms with Gasteiger partial charge in [-0.2, -0.15) is 0 Å². The van der Waals surface area contributed by atoms with Crippen LogP contribution in [-0.4, -0.2) is 34.5 Å². The molecule has 0 aromatic carbocycles. The first-order valence-corrected chi connectivity index (χ1v) is 9.79. The molecule has 0 heterocycles. The highest BCUT2D eigenvalue weighted by Gasteiger charge is 2.27. The van der Waals surface area contributed by atoms with Gasteiger partial charge in [-0.1, -0.05) is 63.7 Å². The van der Waals surface area contributed by atoms with E-state index in [9.17, 15) is 14.7 Å². The molecule has 142 valence electrons. The summed E-state index contributed by atoms with van der Waals surface area (Å²) in [5.41, 5.74) is 0. The number of hydrogen-bond acceptors (Lipinski definition) is 4. The van der Waals surface area contributed by atoms with Gasteiger partial charge in [-0.15, -0.1) is 0 Å². The first kappa shape index (κ1) is 21.8. The van der Waals surface area contributed by atoms with E-state index < -0.39 is 6.10 Å². The summed E-state index contributed by atoms with van der Waals surface area (Å²) in [6, 6.07) is 0. The Hall–Kier alpha value is -1.26. The van der Waals surface area contributed by atoms with E-state index in [0.29, 0.717) is 6.42 Å². The Bertz CT molecular complexity index is 453. The van der Waals surface area contributed by atoms with Crippen LogP contribution in [0.5, 0.6) is 0 Å². The fourth-order valence-corrected chi connectivity index (χ4v) is 3.26. The quantitative estimate of drug-likeness (QED) is 0.369. The summed E-state index contributed by atoms with van der Waals surface area (Å²) in [4.78, 5) is 23.0. The van der Waals surface area contributed by atoms with E-state index in [4.69, 9.17) is 5.11 Å². The summed E-state index contributed by atoms with van der Waals surface area (Å²) in [6.07, 6.45) is 16.2. The zero-order valence-corrected chi connectivity index (χ0v) is 15.5. The molecule has 1 rings (SSSR count). The smallest absolute Gasteiger partial charge is 0.162 e. The highest BCUT2D eigenvalue weighted by molar-refractivity contribution is 5.95. The average Bonchev–Trinajstić information content (AvgIpc) is 2.96. The van der Waals surface area contributed by atoms with Gasteiger partial charge in [0.25, 0.3) is 0 Å². The van der Waals surface area contributed by atoms with E-state index in [-0.39, 0.29) is 30.0 Å². The van der Waals surface area contributed by atoms with E-state index >= 15 is 0 Å². The molecule has 0 saturated carbocycles. The molecule has 3 atom stereocenters. The van der Waals surface area contributed by atoms with Crippen LogP contribution in [0, 0.1) is 11.8 Å². The molecule has 0 aromatic rings. The number of Topliss-reactive ketones (excluding diaryl/α,β-unsaturated/α-hetero) is 1. The van der Waals surface area contributed by atoms with Crippen molar-refractivity contribution in [2.45, 2.75) is 77.2 Å². The molecule has 0 fully saturated rings. The molecule has 0 unspecified atom stereocenters. The van der Waals surface area contributed by atoms with Gasteiger partial charge in [0.2, 0.25) is 0 Å². The molecule has 0 saturated heterocycles. The maximum Gasteiger partial charge on any atom is 0.162 e. The molecule has 0 spiro atoms. The Morgan fingerprint density at radius 3 is 2.68 bits per heavy atom. The predicted molar refractivity (Wildman–Crippen MR) is 100 cm³/mol. The lowest BCUT2D eigenvalue weighted by atomic mass is 9.89. The average molecular weight is 350 g/mol. The summed E-state index contributed by atoms with van der Waals surface area (Å²) in [7, 11) is 0. The van der Waals surface area contributed by atoms with Crippen LogP contribution < -0.4 is 0 Å². The van der Waals surface area contributed by atoms with Crippen LogP contribution in [0.15, 0.2) is 24.3 Å². The second-order valence-electron chi connectivity index (χ2n) is 7.05. The van der Waals surface area contributed by atoms with Crippen molar-refractivity contribution in [3.05, 3.63) is 24.3 Å². The number of ketones is 2. The standard InChI is InChI=1S/C21H34O4/c1-2-3-6-10-18(23)13-14-20-17(12-15-21(20)25)9-7-4-5-8-11-19(24)16-22/h12-15,17-18,20,22-23H,2-11,16H2,1H3/t17-,18-,20+/m0/s1. The van der Waals surface area contributed by atoms with Crippen molar-refractivity contribution < 1.29 is 19.8 Å². The highest BCUT2D eigenvalue weighted by atomic mass is 16.3. The number of unbranched alkanes of at least 4 members (excludes halogenated alkanes) is 5. The van der Waals surface area contributed by atoms with Gasteiger partial charge < -0.3 is 10.2 Å². The minimum absolute atomic E-state index is 0.0907. The Kier molecular flexibility index (Phi) is 11.3. The maximum atomic E-state index is 12.0. The van der Waals surface area contributed by atoms with E-state index in [2.05, 4.69) is 6.92 Å². The number of carbonyl (C=O) groups is 2. The van der Waals surface area contributed by atoms with E-state index in [1.54, 1.807) is 12.2 Å². The lowest BCUT2D eigenvalue weighted by Crippen LogP contribution is -2.14. The first-order chi connectivity index (χ1) is 12.1. The van der Waals surface area contributed by atoms with Crippen molar-refractivity contribution >= 4 is 11.6 Å². The molecule has 0 aliphatic heterocycles. The van der Waals surface area contributed by atoms with Crippen LogP contribution in [0.3, 0.4) is 0 Å². The van der Waals surface area contributed by atoms with E-state index in [1.807, 2.05) is 12.2 Å². The van der Waals surface area contributed by atoms with Gasteiger partial charge in [-0.25, -0.2) is 0 Å². The highest BCUT2D eigenvalue weighted by Crippen LogP contribution is 2.29. The fourth-order valence-electron chi connectivity index (χ4n) is 3.26. The Labute approximate surface area is 152 Å². The third-order valence-electron chi connectivity index (χ3n) is 4.86. The zero-order chi connectivity index (χ0) is 18.5. The van der Waals surface area contributed by atoms with Gasteiger partial charge >= 0.3 is 0 Å². The molecular weight excluding hydrogens is 316 g/mol. The van der Waals surface area contributed by atoms with Crippen molar-refractivity contribution in [1.82, 2.24) is 0 Å². The summed E-state index contributed by atoms with van der Waals surface area (Å²) >= 11 is 0. The van der Waals surface area contributed by atoms with Crippen LogP contribution in [0.25, 0.3) is 0 Å². The first-order valence-electron chi connectivity index (χ1n) is 9.79. The van der Waals surface area contributed by atoms with Crippen molar-refractivity contribution in [3.63, 3.8) is 0 Å². The minimum atomic E-state index is -0.454. The molecule has 1 aliphatic carbocycles. The summed E-state index contributed by atoms with van der Waals surface area (Å²) in [5, 5.41) is 18.7. The molecular formula is C21H34O4. The van der Waals surface area contributed by atoms with Crippen LogP contribution in [0.1, 0.15) is 71.1 Å². The SMILES string of the molecule is CCCCC[C@H](O)C=C[C@H]1C(=O)C=C[C@@H]1CCCCCCC(=O)CO. The molecule has 4 nitrogen and oxygen atoms in total. The van der Waals surface area contributed by atoms with Crippen LogP contribution in [0.2, 0.25) is 0 Å². The number of aliphatic hydroxyl groups is 2. The van der Waals surface area contributed by atoms with E-state index in [0.717, 1.165) is 57.8 Å². The van der Waals surface area contributed by atoms with Crippen molar-refractivity contribution in [1.29, 1.82) is 0 Å². The third-order valence-corrected chi connectivity index (χ3v) is 4.86. The van der Waals surface area contributed by atoms with Gasteiger partial charge in [0.1, 0.15) is 6.61 Å². The van der Waals surface area contributed by atoms with Gasteiger partial charge in [-0.05, 0) is 31.3 Å². The number of rotatable bonds is 14. The zero-order valence-electron chi connectivity index (χ0n) is 15.5. The summed E-state index contributed by atoms with van der Waals surface area (Å²) in [5.74, 6) is 0.144. The van der Waals surface area contributed by atoms with E-state index in [1.165, 1.54) is 0 Å². The van der Waals surface area contributed by atoms with Crippen molar-refractivity contribution in [2.24, 2.45) is 11.8 Å². The molecule has 1 aliphatic rings. The topological polar surface area (TPSA) is 74.6 Å².